The maximum Gasteiger partial charge on any atom is 0.355 e. The van der Waals surface area contributed by atoms with Gasteiger partial charge in [-0.05, 0) is 12.1 Å². The van der Waals surface area contributed by atoms with Crippen LogP contribution in [0.15, 0.2) is 30.5 Å². The lowest BCUT2D eigenvalue weighted by atomic mass is 10.1. The normalized spacial score (nSPS) is 13.1. The molecule has 23 heavy (non-hydrogen) atoms. The Morgan fingerprint density at radius 1 is 1.48 bits per heavy atom. The lowest BCUT2D eigenvalue weighted by Gasteiger charge is -2.20. The van der Waals surface area contributed by atoms with E-state index in [1.54, 1.807) is 29.9 Å². The maximum absolute atomic E-state index is 12.0. The van der Waals surface area contributed by atoms with Crippen LogP contribution in [-0.4, -0.2) is 22.3 Å². The largest absolute Gasteiger partial charge is 0.467 e. The molecule has 0 saturated carbocycles. The molecule has 0 bridgehead atoms. The Bertz CT molecular complexity index is 767. The summed E-state index contributed by atoms with van der Waals surface area (Å²) in [5.41, 5.74) is 1.31. The number of ether oxygens (including phenoxy) is 3. The van der Waals surface area contributed by atoms with Gasteiger partial charge in [0.15, 0.2) is 6.79 Å². The van der Waals surface area contributed by atoms with Gasteiger partial charge in [0.05, 0.1) is 11.5 Å². The van der Waals surface area contributed by atoms with Crippen molar-refractivity contribution in [1.29, 1.82) is 0 Å². The van der Waals surface area contributed by atoms with Crippen LogP contribution in [0.2, 0.25) is 0 Å². The molecule has 0 spiro atoms. The van der Waals surface area contributed by atoms with E-state index in [1.807, 2.05) is 0 Å². The molecule has 2 aromatic rings. The number of hydrogen-bond acceptors (Lipinski definition) is 6. The Labute approximate surface area is 131 Å². The van der Waals surface area contributed by atoms with E-state index in [2.05, 4.69) is 0 Å². The summed E-state index contributed by atoms with van der Waals surface area (Å²) in [6, 6.07) is 6.11. The number of non-ortho nitro benzene ring substituents is 1. The van der Waals surface area contributed by atoms with Gasteiger partial charge in [0.1, 0.15) is 18.1 Å². The summed E-state index contributed by atoms with van der Waals surface area (Å²) in [6.45, 7) is 0.160. The SMILES string of the molecule is Cn1cccc1C(=O)OCc1cc([N+](=O)[O-])cc2c1OCOC2. The van der Waals surface area contributed by atoms with Crippen LogP contribution in [0.1, 0.15) is 21.6 Å². The molecule has 1 aliphatic rings. The van der Waals surface area contributed by atoms with Crippen LogP contribution in [0, 0.1) is 10.1 Å². The van der Waals surface area contributed by atoms with Crippen molar-refractivity contribution in [3.63, 3.8) is 0 Å². The molecule has 0 N–H and O–H groups in total. The molecule has 0 saturated heterocycles. The molecule has 0 amide bonds. The van der Waals surface area contributed by atoms with E-state index < -0.39 is 10.9 Å². The van der Waals surface area contributed by atoms with Crippen molar-refractivity contribution in [2.75, 3.05) is 6.79 Å². The zero-order valence-corrected chi connectivity index (χ0v) is 12.4. The number of nitrogens with zero attached hydrogens (tertiary/aromatic N) is 2. The van der Waals surface area contributed by atoms with Gasteiger partial charge in [0.2, 0.25) is 0 Å². The second-order valence-electron chi connectivity index (χ2n) is 5.04. The minimum Gasteiger partial charge on any atom is -0.467 e. The second kappa shape index (κ2) is 6.09. The number of esters is 1. The molecule has 1 aromatic heterocycles. The smallest absolute Gasteiger partial charge is 0.355 e. The molecule has 0 radical (unpaired) electrons. The second-order valence-corrected chi connectivity index (χ2v) is 5.04. The Hall–Kier alpha value is -2.87. The molecule has 2 heterocycles. The summed E-state index contributed by atoms with van der Waals surface area (Å²) < 4.78 is 17.4. The molecule has 0 atom stereocenters. The number of fused-ring (bicyclic) bond motifs is 1. The summed E-state index contributed by atoms with van der Waals surface area (Å²) in [7, 11) is 1.73. The van der Waals surface area contributed by atoms with Crippen LogP contribution in [0.3, 0.4) is 0 Å². The molecule has 3 rings (SSSR count). The fourth-order valence-electron chi connectivity index (χ4n) is 2.38. The molecular weight excluding hydrogens is 304 g/mol. The van der Waals surface area contributed by atoms with Crippen molar-refractivity contribution in [3.05, 3.63) is 57.4 Å². The Morgan fingerprint density at radius 3 is 3.00 bits per heavy atom. The van der Waals surface area contributed by atoms with Gasteiger partial charge in [-0.3, -0.25) is 10.1 Å². The third kappa shape index (κ3) is 3.02. The van der Waals surface area contributed by atoms with Gasteiger partial charge in [0, 0.05) is 36.5 Å². The first kappa shape index (κ1) is 15.0. The minimum atomic E-state index is -0.509. The standard InChI is InChI=1S/C15H14N2O6/c1-16-4-2-3-13(16)15(18)22-8-11-6-12(17(19)20)5-10-7-21-9-23-14(10)11/h2-6H,7-9H2,1H3. The number of nitro benzene ring substituents is 1. The molecule has 0 aliphatic carbocycles. The fourth-order valence-corrected chi connectivity index (χ4v) is 2.38. The third-order valence-corrected chi connectivity index (χ3v) is 3.49. The Balaban J connectivity index is 1.84. The van der Waals surface area contributed by atoms with E-state index in [4.69, 9.17) is 14.2 Å². The zero-order valence-electron chi connectivity index (χ0n) is 12.4. The van der Waals surface area contributed by atoms with Crippen molar-refractivity contribution in [2.24, 2.45) is 7.05 Å². The van der Waals surface area contributed by atoms with Crippen molar-refractivity contribution in [1.82, 2.24) is 4.57 Å². The number of aryl methyl sites for hydroxylation is 1. The monoisotopic (exact) mass is 318 g/mol. The molecule has 8 nitrogen and oxygen atoms in total. The van der Waals surface area contributed by atoms with Crippen LogP contribution in [0.25, 0.3) is 0 Å². The van der Waals surface area contributed by atoms with Gasteiger partial charge in [-0.1, -0.05) is 0 Å². The summed E-state index contributed by atoms with van der Waals surface area (Å²) in [5.74, 6) is -0.0358. The Kier molecular flexibility index (Phi) is 3.98. The average molecular weight is 318 g/mol. The molecule has 1 aliphatic heterocycles. The highest BCUT2D eigenvalue weighted by molar-refractivity contribution is 5.87. The fraction of sp³-hybridized carbons (Fsp3) is 0.267. The van der Waals surface area contributed by atoms with E-state index in [0.29, 0.717) is 22.6 Å². The van der Waals surface area contributed by atoms with Crippen LogP contribution < -0.4 is 4.74 Å². The number of aromatic nitrogens is 1. The van der Waals surface area contributed by atoms with E-state index in [-0.39, 0.29) is 25.7 Å². The lowest BCUT2D eigenvalue weighted by molar-refractivity contribution is -0.385. The maximum atomic E-state index is 12.0. The molecule has 0 fully saturated rings. The molecule has 1 aromatic carbocycles. The van der Waals surface area contributed by atoms with Crippen molar-refractivity contribution in [2.45, 2.75) is 13.2 Å². The molecule has 120 valence electrons. The van der Waals surface area contributed by atoms with Crippen molar-refractivity contribution in [3.8, 4) is 5.75 Å². The quantitative estimate of drug-likeness (QED) is 0.487. The summed E-state index contributed by atoms with van der Waals surface area (Å²) in [5, 5.41) is 11.0. The van der Waals surface area contributed by atoms with Gasteiger partial charge >= 0.3 is 5.97 Å². The van der Waals surface area contributed by atoms with Gasteiger partial charge in [-0.15, -0.1) is 0 Å². The number of benzene rings is 1. The molecular formula is C15H14N2O6. The number of nitro groups is 1. The number of carbonyl (C=O) groups excluding carboxylic acids is 1. The first-order valence-corrected chi connectivity index (χ1v) is 6.85. The van der Waals surface area contributed by atoms with E-state index >= 15 is 0 Å². The predicted molar refractivity (Wildman–Crippen MR) is 77.9 cm³/mol. The highest BCUT2D eigenvalue weighted by Gasteiger charge is 2.22. The first-order chi connectivity index (χ1) is 11.1. The van der Waals surface area contributed by atoms with E-state index in [0.717, 1.165) is 0 Å². The topological polar surface area (TPSA) is 92.8 Å². The summed E-state index contributed by atoms with van der Waals surface area (Å²) >= 11 is 0. The van der Waals surface area contributed by atoms with Crippen molar-refractivity contribution < 1.29 is 23.9 Å². The van der Waals surface area contributed by atoms with Crippen LogP contribution in [0.5, 0.6) is 5.75 Å². The Morgan fingerprint density at radius 2 is 2.30 bits per heavy atom. The summed E-state index contributed by atoms with van der Waals surface area (Å²) in [4.78, 5) is 22.6. The summed E-state index contributed by atoms with van der Waals surface area (Å²) in [6.07, 6.45) is 1.73. The van der Waals surface area contributed by atoms with Crippen LogP contribution >= 0.6 is 0 Å². The van der Waals surface area contributed by atoms with Gasteiger partial charge < -0.3 is 18.8 Å². The van der Waals surface area contributed by atoms with Crippen LogP contribution in [0.4, 0.5) is 5.69 Å². The van der Waals surface area contributed by atoms with Crippen molar-refractivity contribution >= 4 is 11.7 Å². The number of hydrogen-bond donors (Lipinski definition) is 0. The predicted octanol–water partition coefficient (Wildman–Crippen LogP) is 2.16. The zero-order chi connectivity index (χ0) is 16.4. The molecule has 0 unspecified atom stereocenters. The highest BCUT2D eigenvalue weighted by atomic mass is 16.7. The van der Waals surface area contributed by atoms with Gasteiger partial charge in [-0.25, -0.2) is 4.79 Å². The number of rotatable bonds is 4. The molecule has 8 heteroatoms. The van der Waals surface area contributed by atoms with Gasteiger partial charge in [-0.2, -0.15) is 0 Å². The van der Waals surface area contributed by atoms with E-state index in [9.17, 15) is 14.9 Å². The first-order valence-electron chi connectivity index (χ1n) is 6.85. The van der Waals surface area contributed by atoms with E-state index in [1.165, 1.54) is 12.1 Å². The number of carbonyl (C=O) groups is 1. The lowest BCUT2D eigenvalue weighted by Crippen LogP contribution is -2.15. The minimum absolute atomic E-state index is 0.0591. The highest BCUT2D eigenvalue weighted by Crippen LogP contribution is 2.33. The van der Waals surface area contributed by atoms with Gasteiger partial charge in [0.25, 0.3) is 5.69 Å². The van der Waals surface area contributed by atoms with Crippen LogP contribution in [-0.2, 0) is 29.7 Å². The average Bonchev–Trinajstić information content (AvgIpc) is 2.98. The third-order valence-electron chi connectivity index (χ3n) is 3.49.